The summed E-state index contributed by atoms with van der Waals surface area (Å²) < 4.78 is 38.0. The molecule has 0 saturated carbocycles. The predicted molar refractivity (Wildman–Crippen MR) is 109 cm³/mol. The van der Waals surface area contributed by atoms with E-state index in [0.717, 1.165) is 6.07 Å². The number of hydrogen-bond acceptors (Lipinski definition) is 8. The average molecular weight is 437 g/mol. The lowest BCUT2D eigenvalue weighted by atomic mass is 10.2. The van der Waals surface area contributed by atoms with E-state index in [1.165, 1.54) is 16.4 Å². The molecule has 1 aliphatic heterocycles. The summed E-state index contributed by atoms with van der Waals surface area (Å²) in [5.41, 5.74) is -0.161. The third kappa shape index (κ3) is 5.45. The van der Waals surface area contributed by atoms with E-state index in [4.69, 9.17) is 9.47 Å². The molecule has 0 bridgehead atoms. The third-order valence-corrected chi connectivity index (χ3v) is 6.42. The van der Waals surface area contributed by atoms with Gasteiger partial charge in [0.05, 0.1) is 23.8 Å². The van der Waals surface area contributed by atoms with E-state index in [-0.39, 0.29) is 55.7 Å². The largest absolute Gasteiger partial charge is 0.491 e. The molecule has 1 saturated heterocycles. The fourth-order valence-corrected chi connectivity index (χ4v) is 4.50. The van der Waals surface area contributed by atoms with Crippen LogP contribution in [0.1, 0.15) is 0 Å². The number of nitrogens with one attached hydrogen (secondary N) is 1. The molecule has 2 aromatic rings. The van der Waals surface area contributed by atoms with Gasteiger partial charge in [0.1, 0.15) is 23.4 Å². The smallest absolute Gasteiger partial charge is 0.270 e. The van der Waals surface area contributed by atoms with Gasteiger partial charge in [0.2, 0.25) is 10.0 Å². The molecule has 1 unspecified atom stereocenters. The Hall–Kier alpha value is -2.73. The number of ether oxygens (including phenoxy) is 2. The Bertz CT molecular complexity index is 963. The number of non-ortho nitro benzene ring substituents is 1. The second-order valence-electron chi connectivity index (χ2n) is 6.61. The molecule has 1 aliphatic rings. The maximum atomic E-state index is 13.1. The number of aliphatic hydroxyl groups is 1. The topological polar surface area (TPSA) is 131 Å². The fraction of sp³-hybridized carbons (Fsp3) is 0.368. The van der Waals surface area contributed by atoms with Crippen LogP contribution in [-0.4, -0.2) is 68.3 Å². The lowest BCUT2D eigenvalue weighted by molar-refractivity contribution is -0.385. The van der Waals surface area contributed by atoms with Gasteiger partial charge in [0.15, 0.2) is 0 Å². The van der Waals surface area contributed by atoms with Crippen molar-refractivity contribution < 1.29 is 27.9 Å². The molecule has 3 rings (SSSR count). The highest BCUT2D eigenvalue weighted by atomic mass is 32.2. The van der Waals surface area contributed by atoms with Gasteiger partial charge in [-0.05, 0) is 18.2 Å². The summed E-state index contributed by atoms with van der Waals surface area (Å²) in [5, 5.41) is 24.2. The summed E-state index contributed by atoms with van der Waals surface area (Å²) in [5.74, 6) is 0.600. The van der Waals surface area contributed by atoms with E-state index in [1.807, 2.05) is 6.07 Å². The Morgan fingerprint density at radius 2 is 1.90 bits per heavy atom. The lowest BCUT2D eigenvalue weighted by Gasteiger charge is -2.27. The molecule has 1 heterocycles. The molecule has 2 aromatic carbocycles. The number of morpholine rings is 1. The zero-order valence-corrected chi connectivity index (χ0v) is 17.0. The van der Waals surface area contributed by atoms with Crippen molar-refractivity contribution in [3.8, 4) is 5.75 Å². The number of aliphatic hydroxyl groups excluding tert-OH is 1. The minimum atomic E-state index is -3.98. The van der Waals surface area contributed by atoms with Gasteiger partial charge in [-0.25, -0.2) is 8.42 Å². The van der Waals surface area contributed by atoms with E-state index >= 15 is 0 Å². The fourth-order valence-electron chi connectivity index (χ4n) is 2.91. The highest BCUT2D eigenvalue weighted by molar-refractivity contribution is 7.89. The number of nitrogens with zero attached hydrogens (tertiary/aromatic N) is 2. The quantitative estimate of drug-likeness (QED) is 0.445. The van der Waals surface area contributed by atoms with Gasteiger partial charge >= 0.3 is 0 Å². The van der Waals surface area contributed by atoms with Crippen LogP contribution in [0.3, 0.4) is 0 Å². The molecule has 0 radical (unpaired) electrons. The van der Waals surface area contributed by atoms with Gasteiger partial charge in [-0.3, -0.25) is 10.1 Å². The van der Waals surface area contributed by atoms with Gasteiger partial charge in [-0.15, -0.1) is 0 Å². The summed E-state index contributed by atoms with van der Waals surface area (Å²) in [6.07, 6.45) is -0.931. The Morgan fingerprint density at radius 3 is 2.57 bits per heavy atom. The monoisotopic (exact) mass is 437 g/mol. The van der Waals surface area contributed by atoms with Crippen molar-refractivity contribution in [1.82, 2.24) is 4.31 Å². The van der Waals surface area contributed by atoms with Crippen molar-refractivity contribution in [1.29, 1.82) is 0 Å². The number of hydrogen-bond donors (Lipinski definition) is 2. The van der Waals surface area contributed by atoms with Gasteiger partial charge < -0.3 is 19.9 Å². The minimum absolute atomic E-state index is 0.00369. The van der Waals surface area contributed by atoms with Gasteiger partial charge in [-0.2, -0.15) is 4.31 Å². The van der Waals surface area contributed by atoms with Crippen molar-refractivity contribution in [2.24, 2.45) is 0 Å². The standard InChI is InChI=1S/C19H23N3O7S/c23-16(14-29-17-4-2-1-3-5-17)13-20-18-7-6-15(22(24)25)12-19(18)30(26,27)21-8-10-28-11-9-21/h1-7,12,16,20,23H,8-11,13-14H2. The number of anilines is 1. The maximum Gasteiger partial charge on any atom is 0.270 e. The van der Waals surface area contributed by atoms with Crippen LogP contribution >= 0.6 is 0 Å². The van der Waals surface area contributed by atoms with Crippen molar-refractivity contribution in [3.63, 3.8) is 0 Å². The van der Waals surface area contributed by atoms with E-state index in [9.17, 15) is 23.6 Å². The molecule has 0 amide bonds. The van der Waals surface area contributed by atoms with Crippen LogP contribution in [-0.2, 0) is 14.8 Å². The van der Waals surface area contributed by atoms with Crippen molar-refractivity contribution in [2.45, 2.75) is 11.0 Å². The molecule has 1 fully saturated rings. The van der Waals surface area contributed by atoms with Crippen LogP contribution in [0.2, 0.25) is 0 Å². The molecular weight excluding hydrogens is 414 g/mol. The predicted octanol–water partition coefficient (Wildman–Crippen LogP) is 1.47. The van der Waals surface area contributed by atoms with E-state index in [0.29, 0.717) is 5.75 Å². The zero-order chi connectivity index (χ0) is 21.6. The van der Waals surface area contributed by atoms with Crippen molar-refractivity contribution in [2.75, 3.05) is 44.8 Å². The van der Waals surface area contributed by atoms with Crippen LogP contribution in [0.4, 0.5) is 11.4 Å². The first-order valence-electron chi connectivity index (χ1n) is 9.34. The SMILES string of the molecule is O=[N+]([O-])c1ccc(NCC(O)COc2ccccc2)c(S(=O)(=O)N2CCOCC2)c1. The van der Waals surface area contributed by atoms with E-state index in [2.05, 4.69) is 5.32 Å². The number of para-hydroxylation sites is 1. The van der Waals surface area contributed by atoms with Crippen LogP contribution in [0.5, 0.6) is 5.75 Å². The lowest BCUT2D eigenvalue weighted by Crippen LogP contribution is -2.41. The average Bonchev–Trinajstić information content (AvgIpc) is 2.77. The number of rotatable bonds is 9. The molecule has 11 heteroatoms. The number of nitro groups is 1. The molecular formula is C19H23N3O7S. The summed E-state index contributed by atoms with van der Waals surface area (Å²) in [4.78, 5) is 10.3. The zero-order valence-electron chi connectivity index (χ0n) is 16.1. The molecule has 1 atom stereocenters. The van der Waals surface area contributed by atoms with E-state index in [1.54, 1.807) is 24.3 Å². The Labute approximate surface area is 174 Å². The van der Waals surface area contributed by atoms with Gasteiger partial charge in [0.25, 0.3) is 5.69 Å². The third-order valence-electron chi connectivity index (χ3n) is 4.48. The second kappa shape index (κ2) is 9.85. The molecule has 2 N–H and O–H groups in total. The Kier molecular flexibility index (Phi) is 7.21. The molecule has 10 nitrogen and oxygen atoms in total. The molecule has 0 aliphatic carbocycles. The number of nitro benzene ring substituents is 1. The maximum absolute atomic E-state index is 13.1. The first-order chi connectivity index (χ1) is 14.4. The first kappa shape index (κ1) is 22.0. The molecule has 162 valence electrons. The van der Waals surface area contributed by atoms with Crippen molar-refractivity contribution >= 4 is 21.4 Å². The summed E-state index contributed by atoms with van der Waals surface area (Å²) in [6, 6.07) is 12.5. The molecule has 0 aromatic heterocycles. The first-order valence-corrected chi connectivity index (χ1v) is 10.8. The van der Waals surface area contributed by atoms with Gasteiger partial charge in [-0.1, -0.05) is 18.2 Å². The van der Waals surface area contributed by atoms with E-state index < -0.39 is 21.1 Å². The molecule has 0 spiro atoms. The van der Waals surface area contributed by atoms with Crippen LogP contribution in [0.15, 0.2) is 53.4 Å². The minimum Gasteiger partial charge on any atom is -0.491 e. The van der Waals surface area contributed by atoms with Crippen LogP contribution in [0.25, 0.3) is 0 Å². The van der Waals surface area contributed by atoms with Crippen LogP contribution in [0, 0.1) is 10.1 Å². The summed E-state index contributed by atoms with van der Waals surface area (Å²) in [7, 11) is -3.98. The summed E-state index contributed by atoms with van der Waals surface area (Å²) in [6.45, 7) is 0.834. The Balaban J connectivity index is 1.74. The molecule has 30 heavy (non-hydrogen) atoms. The van der Waals surface area contributed by atoms with Crippen molar-refractivity contribution in [3.05, 3.63) is 58.6 Å². The Morgan fingerprint density at radius 1 is 1.20 bits per heavy atom. The number of benzene rings is 2. The van der Waals surface area contributed by atoms with Gasteiger partial charge in [0, 0.05) is 31.8 Å². The summed E-state index contributed by atoms with van der Waals surface area (Å²) >= 11 is 0. The normalized spacial score (nSPS) is 16.0. The van der Waals surface area contributed by atoms with Crippen LogP contribution < -0.4 is 10.1 Å². The highest BCUT2D eigenvalue weighted by Gasteiger charge is 2.30. The highest BCUT2D eigenvalue weighted by Crippen LogP contribution is 2.29. The number of sulfonamides is 1. The second-order valence-corrected chi connectivity index (χ2v) is 8.52.